The second kappa shape index (κ2) is 4.77. The van der Waals surface area contributed by atoms with Gasteiger partial charge in [-0.2, -0.15) is 0 Å². The number of aryl methyl sites for hydroxylation is 1. The molecule has 0 bridgehead atoms. The van der Waals surface area contributed by atoms with Gasteiger partial charge in [0.25, 0.3) is 0 Å². The molecule has 88 valence electrons. The summed E-state index contributed by atoms with van der Waals surface area (Å²) < 4.78 is 0. The largest absolute Gasteiger partial charge is 0.319 e. The molecule has 0 saturated heterocycles. The highest BCUT2D eigenvalue weighted by Crippen LogP contribution is 2.44. The highest BCUT2D eigenvalue weighted by atomic mass is 35.5. The normalized spacial score (nSPS) is 18.2. The first kappa shape index (κ1) is 11.9. The minimum Gasteiger partial charge on any atom is -0.319 e. The lowest BCUT2D eigenvalue weighted by Gasteiger charge is -2.42. The van der Waals surface area contributed by atoms with Crippen LogP contribution >= 0.6 is 11.6 Å². The molecule has 1 N–H and O–H groups in total. The van der Waals surface area contributed by atoms with Gasteiger partial charge in [0.1, 0.15) is 0 Å². The van der Waals surface area contributed by atoms with Gasteiger partial charge in [-0.25, -0.2) is 0 Å². The second-order valence-corrected chi connectivity index (χ2v) is 5.56. The van der Waals surface area contributed by atoms with Crippen molar-refractivity contribution in [2.24, 2.45) is 5.41 Å². The molecule has 0 amide bonds. The Hall–Kier alpha value is -0.530. The van der Waals surface area contributed by atoms with Crippen molar-refractivity contribution in [3.05, 3.63) is 34.3 Å². The molecule has 1 nitrogen and oxygen atoms in total. The fourth-order valence-corrected chi connectivity index (χ4v) is 2.97. The van der Waals surface area contributed by atoms with Crippen molar-refractivity contribution in [3.63, 3.8) is 0 Å². The van der Waals surface area contributed by atoms with Crippen LogP contribution in [-0.2, 0) is 6.42 Å². The van der Waals surface area contributed by atoms with Crippen molar-refractivity contribution in [1.82, 2.24) is 5.32 Å². The van der Waals surface area contributed by atoms with E-state index in [4.69, 9.17) is 11.6 Å². The summed E-state index contributed by atoms with van der Waals surface area (Å²) in [5, 5.41) is 4.25. The zero-order valence-corrected chi connectivity index (χ0v) is 10.9. The number of halogens is 1. The lowest BCUT2D eigenvalue weighted by Crippen LogP contribution is -2.40. The van der Waals surface area contributed by atoms with Crippen molar-refractivity contribution < 1.29 is 0 Å². The molecule has 1 fully saturated rings. The average molecular weight is 238 g/mol. The Morgan fingerprint density at radius 2 is 2.12 bits per heavy atom. The van der Waals surface area contributed by atoms with Crippen LogP contribution in [-0.4, -0.2) is 13.6 Å². The average Bonchev–Trinajstić information content (AvgIpc) is 2.18. The number of benzene rings is 1. The minimum atomic E-state index is 0.466. The minimum absolute atomic E-state index is 0.466. The topological polar surface area (TPSA) is 12.0 Å². The fourth-order valence-electron chi connectivity index (χ4n) is 2.67. The van der Waals surface area contributed by atoms with Gasteiger partial charge < -0.3 is 5.32 Å². The molecule has 2 rings (SSSR count). The second-order valence-electron chi connectivity index (χ2n) is 5.16. The van der Waals surface area contributed by atoms with Crippen molar-refractivity contribution >= 4 is 11.6 Å². The van der Waals surface area contributed by atoms with Crippen LogP contribution < -0.4 is 5.32 Å². The molecule has 1 aliphatic carbocycles. The van der Waals surface area contributed by atoms with Gasteiger partial charge in [-0.1, -0.05) is 30.2 Å². The Kier molecular flexibility index (Phi) is 3.56. The third-order valence-corrected chi connectivity index (χ3v) is 4.09. The molecule has 2 heteroatoms. The number of rotatable bonds is 4. The fraction of sp³-hybridized carbons (Fsp3) is 0.571. The van der Waals surface area contributed by atoms with E-state index in [-0.39, 0.29) is 0 Å². The van der Waals surface area contributed by atoms with E-state index in [0.29, 0.717) is 5.41 Å². The summed E-state index contributed by atoms with van der Waals surface area (Å²) in [5.41, 5.74) is 3.01. The van der Waals surface area contributed by atoms with Gasteiger partial charge in [-0.15, -0.1) is 0 Å². The van der Waals surface area contributed by atoms with E-state index in [1.54, 1.807) is 0 Å². The van der Waals surface area contributed by atoms with Gasteiger partial charge in [0.2, 0.25) is 0 Å². The Morgan fingerprint density at radius 1 is 1.38 bits per heavy atom. The van der Waals surface area contributed by atoms with Crippen molar-refractivity contribution in [2.45, 2.75) is 32.6 Å². The van der Waals surface area contributed by atoms with Crippen LogP contribution in [0.4, 0.5) is 0 Å². The molecule has 0 radical (unpaired) electrons. The highest BCUT2D eigenvalue weighted by molar-refractivity contribution is 6.31. The van der Waals surface area contributed by atoms with Crippen LogP contribution in [0.15, 0.2) is 18.2 Å². The smallest absolute Gasteiger partial charge is 0.0440 e. The van der Waals surface area contributed by atoms with E-state index in [2.05, 4.69) is 30.4 Å². The van der Waals surface area contributed by atoms with Crippen LogP contribution in [0.25, 0.3) is 0 Å². The van der Waals surface area contributed by atoms with Gasteiger partial charge in [-0.3, -0.25) is 0 Å². The summed E-state index contributed by atoms with van der Waals surface area (Å²) in [7, 11) is 2.04. The first-order valence-electron chi connectivity index (χ1n) is 6.05. The van der Waals surface area contributed by atoms with Crippen LogP contribution in [0.5, 0.6) is 0 Å². The maximum Gasteiger partial charge on any atom is 0.0440 e. The van der Waals surface area contributed by atoms with E-state index in [0.717, 1.165) is 18.0 Å². The predicted octanol–water partition coefficient (Wildman–Crippen LogP) is 3.58. The molecule has 1 saturated carbocycles. The van der Waals surface area contributed by atoms with Gasteiger partial charge in [-0.05, 0) is 55.8 Å². The van der Waals surface area contributed by atoms with E-state index in [9.17, 15) is 0 Å². The van der Waals surface area contributed by atoms with Crippen LogP contribution in [0, 0.1) is 12.3 Å². The monoisotopic (exact) mass is 237 g/mol. The van der Waals surface area contributed by atoms with E-state index in [1.807, 2.05) is 7.05 Å². The molecule has 0 heterocycles. The highest BCUT2D eigenvalue weighted by Gasteiger charge is 2.36. The molecule has 0 atom stereocenters. The molecule has 16 heavy (non-hydrogen) atoms. The third-order valence-electron chi connectivity index (χ3n) is 3.74. The molecule has 1 aliphatic rings. The molecular formula is C14H20ClN. The van der Waals surface area contributed by atoms with E-state index in [1.165, 1.54) is 30.4 Å². The molecule has 0 unspecified atom stereocenters. The van der Waals surface area contributed by atoms with Gasteiger partial charge in [0.15, 0.2) is 0 Å². The van der Waals surface area contributed by atoms with Crippen LogP contribution in [0.2, 0.25) is 5.02 Å². The summed E-state index contributed by atoms with van der Waals surface area (Å²) in [6.45, 7) is 3.19. The van der Waals surface area contributed by atoms with Crippen molar-refractivity contribution in [1.29, 1.82) is 0 Å². The number of nitrogens with one attached hydrogen (secondary N) is 1. The quantitative estimate of drug-likeness (QED) is 0.844. The van der Waals surface area contributed by atoms with Crippen LogP contribution in [0.1, 0.15) is 30.4 Å². The van der Waals surface area contributed by atoms with E-state index < -0.39 is 0 Å². The summed E-state index contributed by atoms with van der Waals surface area (Å²) in [4.78, 5) is 0. The third kappa shape index (κ3) is 2.41. The van der Waals surface area contributed by atoms with Crippen molar-refractivity contribution in [2.75, 3.05) is 13.6 Å². The van der Waals surface area contributed by atoms with E-state index >= 15 is 0 Å². The number of hydrogen-bond acceptors (Lipinski definition) is 1. The Bertz CT molecular complexity index is 369. The Balaban J connectivity index is 2.13. The first-order chi connectivity index (χ1) is 7.65. The zero-order valence-electron chi connectivity index (χ0n) is 10.1. The summed E-state index contributed by atoms with van der Waals surface area (Å²) in [5.74, 6) is 0. The molecule has 0 aliphatic heterocycles. The van der Waals surface area contributed by atoms with Crippen molar-refractivity contribution in [3.8, 4) is 0 Å². The predicted molar refractivity (Wildman–Crippen MR) is 70.1 cm³/mol. The van der Waals surface area contributed by atoms with Crippen LogP contribution in [0.3, 0.4) is 0 Å². The summed E-state index contributed by atoms with van der Waals surface area (Å²) >= 11 is 6.30. The van der Waals surface area contributed by atoms with Gasteiger partial charge in [0.05, 0.1) is 0 Å². The lowest BCUT2D eigenvalue weighted by molar-refractivity contribution is 0.133. The molecule has 0 aromatic heterocycles. The molecular weight excluding hydrogens is 218 g/mol. The van der Waals surface area contributed by atoms with Gasteiger partial charge >= 0.3 is 0 Å². The molecule has 1 aromatic carbocycles. The SMILES string of the molecule is CNCC1(Cc2ccc(C)cc2Cl)CCC1. The zero-order chi connectivity index (χ0) is 11.6. The Morgan fingerprint density at radius 3 is 2.62 bits per heavy atom. The number of hydrogen-bond donors (Lipinski definition) is 1. The molecule has 1 aromatic rings. The Labute approximate surface area is 103 Å². The summed E-state index contributed by atoms with van der Waals surface area (Å²) in [6, 6.07) is 6.42. The maximum absolute atomic E-state index is 6.30. The standard InChI is InChI=1S/C14H20ClN/c1-11-4-5-12(13(15)8-11)9-14(10-16-2)6-3-7-14/h4-5,8,16H,3,6-7,9-10H2,1-2H3. The summed E-state index contributed by atoms with van der Waals surface area (Å²) in [6.07, 6.45) is 5.15. The maximum atomic E-state index is 6.30. The first-order valence-corrected chi connectivity index (χ1v) is 6.43. The lowest BCUT2D eigenvalue weighted by atomic mass is 9.65. The van der Waals surface area contributed by atoms with Gasteiger partial charge in [0, 0.05) is 11.6 Å². The molecule has 0 spiro atoms.